The largest absolute Gasteiger partial charge is 0.354 e. The molecule has 2 heterocycles. The lowest BCUT2D eigenvalue weighted by atomic mass is 10.0. The van der Waals surface area contributed by atoms with E-state index in [1.807, 2.05) is 0 Å². The number of nitrogens with zero attached hydrogens (tertiary/aromatic N) is 1. The van der Waals surface area contributed by atoms with Gasteiger partial charge in [-0.3, -0.25) is 0 Å². The lowest BCUT2D eigenvalue weighted by Crippen LogP contribution is -2.31. The maximum atomic E-state index is 3.66. The molecule has 3 aromatic rings. The minimum atomic E-state index is 1.10. The summed E-state index contributed by atoms with van der Waals surface area (Å²) in [6.45, 7) is 3.67. The fourth-order valence-corrected chi connectivity index (χ4v) is 4.14. The van der Waals surface area contributed by atoms with Gasteiger partial charge < -0.3 is 9.88 Å². The summed E-state index contributed by atoms with van der Waals surface area (Å²) in [5.74, 6) is 0. The normalized spacial score (nSPS) is 15.9. The number of aromatic nitrogens is 1. The second-order valence-electron chi connectivity index (χ2n) is 6.69. The highest BCUT2D eigenvalue weighted by molar-refractivity contribution is 9.10. The second kappa shape index (κ2) is 7.12. The van der Waals surface area contributed by atoms with Crippen molar-refractivity contribution in [3.63, 3.8) is 0 Å². The van der Waals surface area contributed by atoms with Crippen molar-refractivity contribution in [2.75, 3.05) is 19.6 Å². The highest BCUT2D eigenvalue weighted by Gasteiger charge is 2.16. The smallest absolute Gasteiger partial charge is 0.0497 e. The Morgan fingerprint density at radius 2 is 1.75 bits per heavy atom. The molecule has 0 aliphatic carbocycles. The molecule has 0 amide bonds. The van der Waals surface area contributed by atoms with E-state index in [-0.39, 0.29) is 0 Å². The van der Waals surface area contributed by atoms with Gasteiger partial charge in [-0.15, -0.1) is 0 Å². The first-order valence-corrected chi connectivity index (χ1v) is 9.68. The summed E-state index contributed by atoms with van der Waals surface area (Å²) in [5.41, 5.74) is 5.23. The van der Waals surface area contributed by atoms with Crippen molar-refractivity contribution < 1.29 is 0 Å². The third-order valence-corrected chi connectivity index (χ3v) is 5.55. The van der Waals surface area contributed by atoms with Gasteiger partial charge in [-0.1, -0.05) is 52.7 Å². The van der Waals surface area contributed by atoms with Gasteiger partial charge in [0.2, 0.25) is 0 Å². The van der Waals surface area contributed by atoms with Crippen LogP contribution in [0.3, 0.4) is 0 Å². The molecule has 0 atom stereocenters. The van der Waals surface area contributed by atoms with Crippen molar-refractivity contribution in [2.45, 2.75) is 25.7 Å². The quantitative estimate of drug-likeness (QED) is 0.619. The lowest BCUT2D eigenvalue weighted by Gasteiger charge is -2.26. The van der Waals surface area contributed by atoms with Crippen molar-refractivity contribution in [1.29, 1.82) is 0 Å². The molecular weight excluding hydrogens is 360 g/mol. The molecule has 0 spiro atoms. The van der Waals surface area contributed by atoms with Crippen LogP contribution in [0.4, 0.5) is 0 Å². The van der Waals surface area contributed by atoms with Crippen LogP contribution in [0.25, 0.3) is 22.2 Å². The Kier molecular flexibility index (Phi) is 4.72. The number of rotatable bonds is 4. The third-order valence-electron chi connectivity index (χ3n) is 5.06. The number of hydrogen-bond donors (Lipinski definition) is 1. The fraction of sp³-hybridized carbons (Fsp3) is 0.333. The standard InChI is InChI=1S/C21H23BrN2/c22-17-9-10-20-19(15-17)18(11-14-24-12-5-2-6-13-24)21(23-20)16-7-3-1-4-8-16/h1,3-4,7-10,15,23H,2,5-6,11-14H2. The van der Waals surface area contributed by atoms with Gasteiger partial charge >= 0.3 is 0 Å². The number of H-pyrrole nitrogens is 1. The van der Waals surface area contributed by atoms with Crippen molar-refractivity contribution in [1.82, 2.24) is 9.88 Å². The van der Waals surface area contributed by atoms with E-state index in [9.17, 15) is 0 Å². The van der Waals surface area contributed by atoms with E-state index in [2.05, 4.69) is 74.3 Å². The van der Waals surface area contributed by atoms with E-state index in [0.29, 0.717) is 0 Å². The molecule has 1 N–H and O–H groups in total. The second-order valence-corrected chi connectivity index (χ2v) is 7.60. The van der Waals surface area contributed by atoms with Crippen LogP contribution in [-0.4, -0.2) is 29.5 Å². The van der Waals surface area contributed by atoms with E-state index in [0.717, 1.165) is 17.4 Å². The van der Waals surface area contributed by atoms with E-state index < -0.39 is 0 Å². The van der Waals surface area contributed by atoms with E-state index in [4.69, 9.17) is 0 Å². The number of likely N-dealkylation sites (tertiary alicyclic amines) is 1. The van der Waals surface area contributed by atoms with Crippen LogP contribution in [0.1, 0.15) is 24.8 Å². The number of nitrogens with one attached hydrogen (secondary N) is 1. The average Bonchev–Trinajstić information content (AvgIpc) is 2.99. The van der Waals surface area contributed by atoms with Gasteiger partial charge in [0.25, 0.3) is 0 Å². The van der Waals surface area contributed by atoms with Crippen LogP contribution < -0.4 is 0 Å². The summed E-state index contributed by atoms with van der Waals surface area (Å²) in [5, 5.41) is 1.35. The van der Waals surface area contributed by atoms with Crippen molar-refractivity contribution in [3.05, 3.63) is 58.6 Å². The molecule has 1 aliphatic heterocycles. The maximum Gasteiger partial charge on any atom is 0.0497 e. The molecule has 1 fully saturated rings. The van der Waals surface area contributed by atoms with Crippen LogP contribution in [0.2, 0.25) is 0 Å². The summed E-state index contributed by atoms with van der Waals surface area (Å²) in [7, 11) is 0. The Morgan fingerprint density at radius 1 is 0.958 bits per heavy atom. The van der Waals surface area contributed by atoms with Crippen LogP contribution in [0.5, 0.6) is 0 Å². The van der Waals surface area contributed by atoms with Crippen LogP contribution >= 0.6 is 15.9 Å². The molecule has 24 heavy (non-hydrogen) atoms. The number of piperidine rings is 1. The first kappa shape index (κ1) is 15.9. The number of halogens is 1. The zero-order valence-electron chi connectivity index (χ0n) is 13.9. The number of aromatic amines is 1. The molecule has 1 aromatic heterocycles. The van der Waals surface area contributed by atoms with Crippen LogP contribution in [-0.2, 0) is 6.42 Å². The zero-order chi connectivity index (χ0) is 16.4. The molecule has 1 saturated heterocycles. The van der Waals surface area contributed by atoms with E-state index >= 15 is 0 Å². The first-order chi connectivity index (χ1) is 11.8. The van der Waals surface area contributed by atoms with Crippen LogP contribution in [0, 0.1) is 0 Å². The number of benzene rings is 2. The molecule has 0 radical (unpaired) electrons. The molecule has 1 aliphatic rings. The molecule has 4 rings (SSSR count). The third kappa shape index (κ3) is 3.28. The summed E-state index contributed by atoms with van der Waals surface area (Å²) in [4.78, 5) is 6.28. The highest BCUT2D eigenvalue weighted by Crippen LogP contribution is 2.32. The first-order valence-electron chi connectivity index (χ1n) is 8.89. The molecule has 2 nitrogen and oxygen atoms in total. The highest BCUT2D eigenvalue weighted by atomic mass is 79.9. The number of fused-ring (bicyclic) bond motifs is 1. The summed E-state index contributed by atoms with van der Waals surface area (Å²) in [6.07, 6.45) is 5.20. The predicted octanol–water partition coefficient (Wildman–Crippen LogP) is 5.63. The van der Waals surface area contributed by atoms with Gasteiger partial charge in [0, 0.05) is 27.6 Å². The molecular formula is C21H23BrN2. The monoisotopic (exact) mass is 382 g/mol. The Morgan fingerprint density at radius 3 is 2.54 bits per heavy atom. The Bertz CT molecular complexity index is 816. The molecule has 124 valence electrons. The topological polar surface area (TPSA) is 19.0 Å². The van der Waals surface area contributed by atoms with Crippen molar-refractivity contribution in [3.8, 4) is 11.3 Å². The average molecular weight is 383 g/mol. The zero-order valence-corrected chi connectivity index (χ0v) is 15.5. The van der Waals surface area contributed by atoms with Gasteiger partial charge in [0.15, 0.2) is 0 Å². The van der Waals surface area contributed by atoms with Crippen LogP contribution in [0.15, 0.2) is 53.0 Å². The summed E-state index contributed by atoms with van der Waals surface area (Å²) < 4.78 is 1.15. The maximum absolute atomic E-state index is 3.66. The van der Waals surface area contributed by atoms with Gasteiger partial charge in [-0.25, -0.2) is 0 Å². The Balaban J connectivity index is 1.71. The SMILES string of the molecule is Brc1ccc2[nH]c(-c3ccccc3)c(CCN3CCCCC3)c2c1. The summed E-state index contributed by atoms with van der Waals surface area (Å²) >= 11 is 3.64. The number of hydrogen-bond acceptors (Lipinski definition) is 1. The van der Waals surface area contributed by atoms with Gasteiger partial charge in [-0.2, -0.15) is 0 Å². The van der Waals surface area contributed by atoms with Gasteiger partial charge in [-0.05, 0) is 61.7 Å². The van der Waals surface area contributed by atoms with E-state index in [1.54, 1.807) is 0 Å². The van der Waals surface area contributed by atoms with Crippen molar-refractivity contribution in [2.24, 2.45) is 0 Å². The minimum absolute atomic E-state index is 1.10. The molecule has 0 unspecified atom stereocenters. The lowest BCUT2D eigenvalue weighted by molar-refractivity contribution is 0.232. The Labute approximate surface area is 152 Å². The van der Waals surface area contributed by atoms with Crippen molar-refractivity contribution >= 4 is 26.8 Å². The fourth-order valence-electron chi connectivity index (χ4n) is 3.78. The molecule has 3 heteroatoms. The molecule has 2 aromatic carbocycles. The van der Waals surface area contributed by atoms with Gasteiger partial charge in [0.05, 0.1) is 0 Å². The van der Waals surface area contributed by atoms with E-state index in [1.165, 1.54) is 60.1 Å². The van der Waals surface area contributed by atoms with Gasteiger partial charge in [0.1, 0.15) is 0 Å². The Hall–Kier alpha value is -1.58. The summed E-state index contributed by atoms with van der Waals surface area (Å²) in [6, 6.07) is 17.3. The molecule has 0 bridgehead atoms. The minimum Gasteiger partial charge on any atom is -0.354 e. The predicted molar refractivity (Wildman–Crippen MR) is 105 cm³/mol. The molecule has 0 saturated carbocycles.